The number of carboxylic acids is 2. The molecular formula is C36H67NO10. The van der Waals surface area contributed by atoms with E-state index in [4.69, 9.17) is 29.2 Å². The number of rotatable bonds is 34. The number of carboxylic acid groups (broad SMARTS) is 2. The lowest BCUT2D eigenvalue weighted by Crippen LogP contribution is -2.28. The maximum absolute atomic E-state index is 12.3. The van der Waals surface area contributed by atoms with E-state index in [1.807, 2.05) is 0 Å². The van der Waals surface area contributed by atoms with Crippen LogP contribution >= 0.6 is 0 Å². The van der Waals surface area contributed by atoms with Gasteiger partial charge >= 0.3 is 24.2 Å². The summed E-state index contributed by atoms with van der Waals surface area (Å²) in [6.45, 7) is 5.40. The van der Waals surface area contributed by atoms with Gasteiger partial charge in [0.2, 0.25) is 0 Å². The Morgan fingerprint density at radius 3 is 1.15 bits per heavy atom. The molecule has 0 rings (SSSR count). The van der Waals surface area contributed by atoms with E-state index >= 15 is 0 Å². The van der Waals surface area contributed by atoms with Gasteiger partial charge in [0, 0.05) is 25.9 Å². The van der Waals surface area contributed by atoms with Gasteiger partial charge in [0.05, 0.1) is 0 Å². The van der Waals surface area contributed by atoms with Crippen LogP contribution < -0.4 is 5.32 Å². The lowest BCUT2D eigenvalue weighted by atomic mass is 10.0. The quantitative estimate of drug-likeness (QED) is 0.0442. The molecule has 2 atom stereocenters. The molecule has 11 nitrogen and oxygen atoms in total. The Balaban J connectivity index is 4.12. The molecule has 276 valence electrons. The van der Waals surface area contributed by atoms with Gasteiger partial charge in [-0.3, -0.25) is 9.59 Å². The molecule has 0 fully saturated rings. The maximum atomic E-state index is 12.3. The van der Waals surface area contributed by atoms with E-state index in [0.717, 1.165) is 141 Å². The van der Waals surface area contributed by atoms with Crippen molar-refractivity contribution < 1.29 is 48.3 Å². The first kappa shape index (κ1) is 44.4. The van der Waals surface area contributed by atoms with Crippen molar-refractivity contribution in [2.45, 2.75) is 180 Å². The highest BCUT2D eigenvalue weighted by atomic mass is 16.7. The second-order valence-electron chi connectivity index (χ2n) is 12.5. The highest BCUT2D eigenvalue weighted by Crippen LogP contribution is 2.18. The first-order valence-corrected chi connectivity index (χ1v) is 18.6. The Hall–Kier alpha value is -2.56. The zero-order chi connectivity index (χ0) is 34.8. The Morgan fingerprint density at radius 1 is 0.489 bits per heavy atom. The molecule has 3 N–H and O–H groups in total. The fourth-order valence-electron chi connectivity index (χ4n) is 5.36. The SMILES string of the molecule is CCCCCC(CCCCCCCCC(=O)O)OC(=O)OCCNCCOC(=O)OC(CCCCC)CCCCCCCCC(=O)O. The largest absolute Gasteiger partial charge is 0.508 e. The summed E-state index contributed by atoms with van der Waals surface area (Å²) in [5.74, 6) is -1.48. The Morgan fingerprint density at radius 2 is 0.809 bits per heavy atom. The summed E-state index contributed by atoms with van der Waals surface area (Å²) in [7, 11) is 0. The summed E-state index contributed by atoms with van der Waals surface area (Å²) in [5, 5.41) is 20.5. The molecule has 0 saturated heterocycles. The van der Waals surface area contributed by atoms with E-state index in [-0.39, 0.29) is 38.3 Å². The molecule has 0 radical (unpaired) electrons. The fraction of sp³-hybridized carbons (Fsp3) is 0.889. The number of hydrogen-bond donors (Lipinski definition) is 3. The highest BCUT2D eigenvalue weighted by molar-refractivity contribution is 5.66. The van der Waals surface area contributed by atoms with Crippen molar-refractivity contribution in [1.82, 2.24) is 5.32 Å². The van der Waals surface area contributed by atoms with E-state index < -0.39 is 24.2 Å². The number of ether oxygens (including phenoxy) is 4. The first-order valence-electron chi connectivity index (χ1n) is 18.6. The average molecular weight is 674 g/mol. The van der Waals surface area contributed by atoms with E-state index in [1.54, 1.807) is 0 Å². The number of hydrogen-bond acceptors (Lipinski definition) is 9. The molecule has 0 heterocycles. The van der Waals surface area contributed by atoms with E-state index in [9.17, 15) is 19.2 Å². The number of unbranched alkanes of at least 4 members (excludes halogenated alkanes) is 14. The highest BCUT2D eigenvalue weighted by Gasteiger charge is 2.17. The summed E-state index contributed by atoms with van der Waals surface area (Å²) in [6.07, 6.45) is 19.9. The molecule has 0 bridgehead atoms. The van der Waals surface area contributed by atoms with Crippen LogP contribution in [0.5, 0.6) is 0 Å². The van der Waals surface area contributed by atoms with Gasteiger partial charge in [0.15, 0.2) is 0 Å². The minimum Gasteiger partial charge on any atom is -0.481 e. The van der Waals surface area contributed by atoms with Crippen molar-refractivity contribution in [3.63, 3.8) is 0 Å². The molecule has 0 aliphatic carbocycles. The topological polar surface area (TPSA) is 158 Å². The number of carbonyl (C=O) groups excluding carboxylic acids is 2. The van der Waals surface area contributed by atoms with Crippen molar-refractivity contribution >= 4 is 24.2 Å². The van der Waals surface area contributed by atoms with Crippen LogP contribution in [0.3, 0.4) is 0 Å². The van der Waals surface area contributed by atoms with Gasteiger partial charge in [0.1, 0.15) is 25.4 Å². The molecule has 0 spiro atoms. The van der Waals surface area contributed by atoms with Gasteiger partial charge in [-0.1, -0.05) is 90.9 Å². The van der Waals surface area contributed by atoms with Crippen LogP contribution in [0.25, 0.3) is 0 Å². The van der Waals surface area contributed by atoms with E-state index in [0.29, 0.717) is 13.1 Å². The summed E-state index contributed by atoms with van der Waals surface area (Å²) in [4.78, 5) is 45.7. The Kier molecular flexibility index (Phi) is 31.5. The monoisotopic (exact) mass is 673 g/mol. The Labute approximate surface area is 284 Å². The Bertz CT molecular complexity index is 717. The van der Waals surface area contributed by atoms with Gasteiger partial charge in [-0.15, -0.1) is 0 Å². The molecule has 0 saturated carbocycles. The number of aliphatic carboxylic acids is 2. The van der Waals surface area contributed by atoms with Crippen molar-refractivity contribution in [2.24, 2.45) is 0 Å². The molecule has 11 heteroatoms. The standard InChI is InChI=1S/C36H67NO10/c1-3-5-15-21-31(23-17-11-7-9-13-19-25-33(38)39)46-35(42)44-29-27-37-28-30-45-36(43)47-32(22-16-6-4-2)24-18-12-8-10-14-20-26-34(40)41/h31-32,37H,3-30H2,1-2H3,(H,38,39)(H,40,41). The third-order valence-corrected chi connectivity index (χ3v) is 8.12. The van der Waals surface area contributed by atoms with Crippen molar-refractivity contribution in [2.75, 3.05) is 26.3 Å². The molecule has 2 unspecified atom stereocenters. The average Bonchev–Trinajstić information content (AvgIpc) is 3.02. The minimum absolute atomic E-state index is 0.153. The lowest BCUT2D eigenvalue weighted by Gasteiger charge is -2.18. The molecule has 0 aromatic heterocycles. The zero-order valence-corrected chi connectivity index (χ0v) is 29.6. The molecule has 0 aromatic carbocycles. The van der Waals surface area contributed by atoms with Crippen LogP contribution in [0.1, 0.15) is 168 Å². The second kappa shape index (κ2) is 33.3. The summed E-state index contributed by atoms with van der Waals surface area (Å²) in [5.41, 5.74) is 0. The molecule has 0 aliphatic heterocycles. The molecular weight excluding hydrogens is 606 g/mol. The van der Waals surface area contributed by atoms with Crippen molar-refractivity contribution in [3.8, 4) is 0 Å². The van der Waals surface area contributed by atoms with Gasteiger partial charge < -0.3 is 34.5 Å². The fourth-order valence-corrected chi connectivity index (χ4v) is 5.36. The summed E-state index contributed by atoms with van der Waals surface area (Å²) < 4.78 is 21.7. The number of carbonyl (C=O) groups is 4. The van der Waals surface area contributed by atoms with Crippen molar-refractivity contribution in [1.29, 1.82) is 0 Å². The summed E-state index contributed by atoms with van der Waals surface area (Å²) >= 11 is 0. The van der Waals surface area contributed by atoms with Crippen LogP contribution in [0.15, 0.2) is 0 Å². The van der Waals surface area contributed by atoms with Gasteiger partial charge in [-0.05, 0) is 64.2 Å². The van der Waals surface area contributed by atoms with Gasteiger partial charge in [0.25, 0.3) is 0 Å². The molecule has 0 aliphatic rings. The maximum Gasteiger partial charge on any atom is 0.508 e. The predicted molar refractivity (Wildman–Crippen MR) is 183 cm³/mol. The predicted octanol–water partition coefficient (Wildman–Crippen LogP) is 9.19. The zero-order valence-electron chi connectivity index (χ0n) is 29.6. The van der Waals surface area contributed by atoms with Crippen LogP contribution in [0.2, 0.25) is 0 Å². The van der Waals surface area contributed by atoms with Gasteiger partial charge in [-0.2, -0.15) is 0 Å². The molecule has 47 heavy (non-hydrogen) atoms. The van der Waals surface area contributed by atoms with Crippen LogP contribution in [-0.4, -0.2) is 73.0 Å². The van der Waals surface area contributed by atoms with Crippen molar-refractivity contribution in [3.05, 3.63) is 0 Å². The third-order valence-electron chi connectivity index (χ3n) is 8.12. The smallest absolute Gasteiger partial charge is 0.481 e. The third kappa shape index (κ3) is 33.1. The van der Waals surface area contributed by atoms with Crippen LogP contribution in [0.4, 0.5) is 9.59 Å². The number of nitrogens with one attached hydrogen (secondary N) is 1. The summed E-state index contributed by atoms with van der Waals surface area (Å²) in [6, 6.07) is 0. The second-order valence-corrected chi connectivity index (χ2v) is 12.5. The van der Waals surface area contributed by atoms with Crippen LogP contribution in [-0.2, 0) is 28.5 Å². The van der Waals surface area contributed by atoms with E-state index in [1.165, 1.54) is 0 Å². The van der Waals surface area contributed by atoms with E-state index in [2.05, 4.69) is 19.2 Å². The van der Waals surface area contributed by atoms with Gasteiger partial charge in [-0.25, -0.2) is 9.59 Å². The normalized spacial score (nSPS) is 12.3. The molecule has 0 aromatic rings. The minimum atomic E-state index is -0.739. The lowest BCUT2D eigenvalue weighted by molar-refractivity contribution is -0.138. The van der Waals surface area contributed by atoms with Crippen LogP contribution in [0, 0.1) is 0 Å². The first-order chi connectivity index (χ1) is 22.8. The molecule has 0 amide bonds.